The van der Waals surface area contributed by atoms with E-state index in [4.69, 9.17) is 16.3 Å². The normalized spacial score (nSPS) is 15.4. The Morgan fingerprint density at radius 3 is 2.71 bits per heavy atom. The number of piperazine rings is 1. The molecule has 0 atom stereocenters. The summed E-state index contributed by atoms with van der Waals surface area (Å²) in [6.07, 6.45) is 3.38. The second kappa shape index (κ2) is 10.0. The van der Waals surface area contributed by atoms with Gasteiger partial charge in [0.05, 0.1) is 18.2 Å². The number of rotatable bonds is 7. The topological polar surface area (TPSA) is 61.9 Å². The second-order valence-corrected chi connectivity index (χ2v) is 8.02. The van der Waals surface area contributed by atoms with Gasteiger partial charge in [0.25, 0.3) is 0 Å². The lowest BCUT2D eigenvalue weighted by Gasteiger charge is -2.33. The van der Waals surface area contributed by atoms with Gasteiger partial charge in [-0.1, -0.05) is 29.8 Å². The quantitative estimate of drug-likeness (QED) is 0.551. The van der Waals surface area contributed by atoms with Crippen LogP contribution < -0.4 is 5.32 Å². The summed E-state index contributed by atoms with van der Waals surface area (Å²) in [6, 6.07) is 7.94. The molecule has 0 spiro atoms. The Labute approximate surface area is 173 Å². The maximum atomic E-state index is 12.5. The standard InChI is InChI=1S/C20H24ClN3O3S/c1-27-13-8-22-18(25)14-23-9-11-24(12-10-23)19(26)7-6-17-20(21)15-4-2-3-5-16(15)28-17/h2-7H,8-14H2,1H3,(H,22,25). The largest absolute Gasteiger partial charge is 0.383 e. The fraction of sp³-hybridized carbons (Fsp3) is 0.400. The Kier molecular flexibility index (Phi) is 7.44. The van der Waals surface area contributed by atoms with Crippen LogP contribution in [-0.4, -0.2) is 74.6 Å². The van der Waals surface area contributed by atoms with Gasteiger partial charge in [0.2, 0.25) is 11.8 Å². The number of methoxy groups -OCH3 is 1. The minimum Gasteiger partial charge on any atom is -0.383 e. The number of carbonyl (C=O) groups is 2. The Bertz CT molecular complexity index is 859. The van der Waals surface area contributed by atoms with E-state index in [9.17, 15) is 9.59 Å². The SMILES string of the molecule is COCCNC(=O)CN1CCN(C(=O)C=Cc2sc3ccccc3c2Cl)CC1. The van der Waals surface area contributed by atoms with Crippen LogP contribution in [0.3, 0.4) is 0 Å². The van der Waals surface area contributed by atoms with Crippen LogP contribution in [0.1, 0.15) is 4.88 Å². The number of nitrogens with one attached hydrogen (secondary N) is 1. The van der Waals surface area contributed by atoms with E-state index in [2.05, 4.69) is 10.2 Å². The van der Waals surface area contributed by atoms with Gasteiger partial charge in [-0.25, -0.2) is 0 Å². The molecular weight excluding hydrogens is 398 g/mol. The fourth-order valence-electron chi connectivity index (χ4n) is 3.07. The number of ether oxygens (including phenoxy) is 1. The van der Waals surface area contributed by atoms with Gasteiger partial charge in [0, 0.05) is 60.9 Å². The third-order valence-electron chi connectivity index (χ3n) is 4.62. The van der Waals surface area contributed by atoms with E-state index >= 15 is 0 Å². The van der Waals surface area contributed by atoms with E-state index in [1.807, 2.05) is 24.3 Å². The maximum absolute atomic E-state index is 12.5. The van der Waals surface area contributed by atoms with Crippen molar-refractivity contribution in [2.75, 3.05) is 53.0 Å². The summed E-state index contributed by atoms with van der Waals surface area (Å²) in [5.74, 6) is -0.0474. The molecule has 150 valence electrons. The monoisotopic (exact) mass is 421 g/mol. The van der Waals surface area contributed by atoms with Crippen LogP contribution >= 0.6 is 22.9 Å². The summed E-state index contributed by atoms with van der Waals surface area (Å²) >= 11 is 8.00. The van der Waals surface area contributed by atoms with Crippen LogP contribution in [0, 0.1) is 0 Å². The van der Waals surface area contributed by atoms with Gasteiger partial charge in [-0.05, 0) is 12.1 Å². The molecule has 0 aliphatic carbocycles. The van der Waals surface area contributed by atoms with Gasteiger partial charge < -0.3 is 15.0 Å². The molecule has 8 heteroatoms. The number of fused-ring (bicyclic) bond motifs is 1. The smallest absolute Gasteiger partial charge is 0.246 e. The predicted octanol–water partition coefficient (Wildman–Crippen LogP) is 2.47. The van der Waals surface area contributed by atoms with Crippen LogP contribution in [0.15, 0.2) is 30.3 Å². The van der Waals surface area contributed by atoms with Crippen LogP contribution in [-0.2, 0) is 14.3 Å². The first-order valence-electron chi connectivity index (χ1n) is 9.20. The highest BCUT2D eigenvalue weighted by atomic mass is 35.5. The van der Waals surface area contributed by atoms with Crippen LogP contribution in [0.4, 0.5) is 0 Å². The molecule has 1 N–H and O–H groups in total. The van der Waals surface area contributed by atoms with Crippen molar-refractivity contribution in [3.05, 3.63) is 40.2 Å². The van der Waals surface area contributed by atoms with Crippen LogP contribution in [0.2, 0.25) is 5.02 Å². The van der Waals surface area contributed by atoms with Gasteiger partial charge in [0.15, 0.2) is 0 Å². The Balaban J connectivity index is 1.49. The minimum atomic E-state index is -0.0299. The van der Waals surface area contributed by atoms with E-state index in [-0.39, 0.29) is 11.8 Å². The molecular formula is C20H24ClN3O3S. The summed E-state index contributed by atoms with van der Waals surface area (Å²) in [6.45, 7) is 3.94. The molecule has 2 heterocycles. The highest BCUT2D eigenvalue weighted by Crippen LogP contribution is 2.35. The zero-order valence-electron chi connectivity index (χ0n) is 15.8. The van der Waals surface area contributed by atoms with Crippen molar-refractivity contribution in [1.29, 1.82) is 0 Å². The molecule has 2 amide bonds. The molecule has 0 unspecified atom stereocenters. The molecule has 6 nitrogen and oxygen atoms in total. The van der Waals surface area contributed by atoms with Gasteiger partial charge in [-0.15, -0.1) is 11.3 Å². The van der Waals surface area contributed by atoms with Crippen molar-refractivity contribution >= 4 is 50.9 Å². The minimum absolute atomic E-state index is 0.0175. The predicted molar refractivity (Wildman–Crippen MR) is 114 cm³/mol. The number of amides is 2. The Morgan fingerprint density at radius 2 is 2.00 bits per heavy atom. The first-order valence-corrected chi connectivity index (χ1v) is 10.4. The third-order valence-corrected chi connectivity index (χ3v) is 6.27. The lowest BCUT2D eigenvalue weighted by Crippen LogP contribution is -2.51. The zero-order chi connectivity index (χ0) is 19.9. The van der Waals surface area contributed by atoms with Crippen LogP contribution in [0.5, 0.6) is 0 Å². The molecule has 1 fully saturated rings. The highest BCUT2D eigenvalue weighted by molar-refractivity contribution is 7.20. The number of hydrogen-bond acceptors (Lipinski definition) is 5. The third kappa shape index (κ3) is 5.32. The van der Waals surface area contributed by atoms with E-state index in [1.54, 1.807) is 35.5 Å². The number of halogens is 1. The summed E-state index contributed by atoms with van der Waals surface area (Å²) < 4.78 is 6.02. The molecule has 0 saturated carbocycles. The average Bonchev–Trinajstić information content (AvgIpc) is 3.03. The number of hydrogen-bond donors (Lipinski definition) is 1. The van der Waals surface area contributed by atoms with E-state index in [1.165, 1.54) is 0 Å². The summed E-state index contributed by atoms with van der Waals surface area (Å²) in [5.41, 5.74) is 0. The Hall–Kier alpha value is -1.93. The molecule has 1 saturated heterocycles. The van der Waals surface area contributed by atoms with Gasteiger partial charge in [0.1, 0.15) is 0 Å². The Morgan fingerprint density at radius 1 is 1.25 bits per heavy atom. The molecule has 1 aromatic carbocycles. The summed E-state index contributed by atoms with van der Waals surface area (Å²) in [7, 11) is 1.60. The second-order valence-electron chi connectivity index (χ2n) is 6.55. The van der Waals surface area contributed by atoms with Gasteiger partial charge in [-0.3, -0.25) is 14.5 Å². The molecule has 0 bridgehead atoms. The van der Waals surface area contributed by atoms with Crippen molar-refractivity contribution in [3.8, 4) is 0 Å². The fourth-order valence-corrected chi connectivity index (χ4v) is 4.47. The van der Waals surface area contributed by atoms with Crippen molar-refractivity contribution < 1.29 is 14.3 Å². The molecule has 28 heavy (non-hydrogen) atoms. The average molecular weight is 422 g/mol. The molecule has 0 radical (unpaired) electrons. The van der Waals surface area contributed by atoms with Crippen molar-refractivity contribution in [2.24, 2.45) is 0 Å². The molecule has 1 aliphatic heterocycles. The summed E-state index contributed by atoms with van der Waals surface area (Å²) in [5, 5.41) is 4.51. The van der Waals surface area contributed by atoms with Gasteiger partial charge >= 0.3 is 0 Å². The first-order chi connectivity index (χ1) is 13.6. The zero-order valence-corrected chi connectivity index (χ0v) is 17.4. The lowest BCUT2D eigenvalue weighted by molar-refractivity contribution is -0.128. The summed E-state index contributed by atoms with van der Waals surface area (Å²) in [4.78, 5) is 29.1. The maximum Gasteiger partial charge on any atom is 0.246 e. The number of carbonyl (C=O) groups excluding carboxylic acids is 2. The van der Waals surface area contributed by atoms with E-state index in [0.717, 1.165) is 15.0 Å². The molecule has 3 rings (SSSR count). The molecule has 1 aromatic heterocycles. The van der Waals surface area contributed by atoms with Crippen molar-refractivity contribution in [2.45, 2.75) is 0 Å². The molecule has 2 aromatic rings. The van der Waals surface area contributed by atoms with Crippen molar-refractivity contribution in [3.63, 3.8) is 0 Å². The number of benzene rings is 1. The number of thiophene rings is 1. The lowest BCUT2D eigenvalue weighted by atomic mass is 10.2. The first kappa shape index (κ1) is 20.8. The van der Waals surface area contributed by atoms with Crippen molar-refractivity contribution in [1.82, 2.24) is 15.1 Å². The van der Waals surface area contributed by atoms with E-state index < -0.39 is 0 Å². The van der Waals surface area contributed by atoms with Crippen LogP contribution in [0.25, 0.3) is 16.2 Å². The highest BCUT2D eigenvalue weighted by Gasteiger charge is 2.21. The molecule has 1 aliphatic rings. The van der Waals surface area contributed by atoms with Gasteiger partial charge in [-0.2, -0.15) is 0 Å². The van der Waals surface area contributed by atoms with E-state index in [0.29, 0.717) is 50.9 Å². The number of nitrogens with zero attached hydrogens (tertiary/aromatic N) is 2.